The predicted octanol–water partition coefficient (Wildman–Crippen LogP) is 3.12. The fourth-order valence-electron chi connectivity index (χ4n) is 4.28. The first-order valence-electron chi connectivity index (χ1n) is 12.4. The number of hydrogen-bond acceptors (Lipinski definition) is 9. The van der Waals surface area contributed by atoms with E-state index in [0.717, 1.165) is 25.9 Å². The van der Waals surface area contributed by atoms with Crippen molar-refractivity contribution in [1.82, 2.24) is 34.2 Å². The lowest BCUT2D eigenvalue weighted by atomic mass is 10.1. The van der Waals surface area contributed by atoms with E-state index in [1.165, 1.54) is 17.1 Å². The van der Waals surface area contributed by atoms with Gasteiger partial charge in [-0.2, -0.15) is 9.97 Å². The number of halogens is 1. The van der Waals surface area contributed by atoms with Gasteiger partial charge in [0.15, 0.2) is 11.5 Å². The Labute approximate surface area is 218 Å². The molecule has 1 aliphatic heterocycles. The van der Waals surface area contributed by atoms with E-state index >= 15 is 0 Å². The van der Waals surface area contributed by atoms with Gasteiger partial charge in [0.1, 0.15) is 24.8 Å². The molecular formula is C26H29FN8O3. The highest BCUT2D eigenvalue weighted by atomic mass is 19.1. The Kier molecular flexibility index (Phi) is 7.59. The minimum Gasteiger partial charge on any atom is -0.475 e. The highest BCUT2D eigenvalue weighted by Crippen LogP contribution is 2.22. The molecule has 0 radical (unpaired) electrons. The van der Waals surface area contributed by atoms with E-state index in [-0.39, 0.29) is 30.8 Å². The molecule has 198 valence electrons. The van der Waals surface area contributed by atoms with Gasteiger partial charge in [0.2, 0.25) is 17.7 Å². The van der Waals surface area contributed by atoms with Crippen molar-refractivity contribution in [2.75, 3.05) is 38.7 Å². The number of piperidine rings is 1. The van der Waals surface area contributed by atoms with Crippen LogP contribution in [0.15, 0.2) is 60.2 Å². The summed E-state index contributed by atoms with van der Waals surface area (Å²) in [5.41, 5.74) is 0.725. The first-order chi connectivity index (χ1) is 18.6. The van der Waals surface area contributed by atoms with Gasteiger partial charge in [0.05, 0.1) is 18.4 Å². The zero-order valence-electron chi connectivity index (χ0n) is 21.1. The van der Waals surface area contributed by atoms with Crippen molar-refractivity contribution < 1.29 is 13.9 Å². The smallest absolute Gasteiger partial charge is 0.278 e. The molecule has 12 heteroatoms. The van der Waals surface area contributed by atoms with E-state index in [2.05, 4.69) is 38.8 Å². The molecule has 0 atom stereocenters. The minimum atomic E-state index is -0.592. The second-order valence-electron chi connectivity index (χ2n) is 8.92. The van der Waals surface area contributed by atoms with Gasteiger partial charge in [-0.3, -0.25) is 4.79 Å². The normalized spacial score (nSPS) is 14.5. The second-order valence-corrected chi connectivity index (χ2v) is 8.92. The Balaban J connectivity index is 1.47. The number of fused-ring (bicyclic) bond motifs is 1. The minimum absolute atomic E-state index is 0.0585. The summed E-state index contributed by atoms with van der Waals surface area (Å²) in [5.74, 6) is 1.56. The average Bonchev–Trinajstić information content (AvgIpc) is 3.20. The van der Waals surface area contributed by atoms with Gasteiger partial charge in [0.25, 0.3) is 5.56 Å². The Bertz CT molecular complexity index is 1460. The van der Waals surface area contributed by atoms with Crippen LogP contribution < -0.4 is 20.3 Å². The summed E-state index contributed by atoms with van der Waals surface area (Å²) in [5, 5.41) is 3.42. The molecule has 1 saturated heterocycles. The van der Waals surface area contributed by atoms with Crippen molar-refractivity contribution in [3.8, 4) is 17.6 Å². The zero-order chi connectivity index (χ0) is 26.5. The number of rotatable bonds is 10. The number of hydrogen-bond donors (Lipinski definition) is 1. The molecule has 0 amide bonds. The number of aromatic nitrogens is 6. The molecule has 0 spiro atoms. The largest absolute Gasteiger partial charge is 0.475 e. The molecule has 1 aliphatic rings. The first-order valence-corrected chi connectivity index (χ1v) is 12.4. The quantitative estimate of drug-likeness (QED) is 0.315. The third-order valence-corrected chi connectivity index (χ3v) is 6.18. The van der Waals surface area contributed by atoms with Crippen molar-refractivity contribution in [3.05, 3.63) is 65.7 Å². The molecule has 1 N–H and O–H groups in total. The van der Waals surface area contributed by atoms with Crippen molar-refractivity contribution in [2.45, 2.75) is 25.5 Å². The van der Waals surface area contributed by atoms with Crippen LogP contribution in [0.2, 0.25) is 0 Å². The highest BCUT2D eigenvalue weighted by Gasteiger charge is 2.21. The summed E-state index contributed by atoms with van der Waals surface area (Å²) in [6, 6.07) is 8.80. The van der Waals surface area contributed by atoms with Gasteiger partial charge in [-0.15, -0.1) is 6.58 Å². The van der Waals surface area contributed by atoms with E-state index in [1.807, 2.05) is 12.1 Å². The summed E-state index contributed by atoms with van der Waals surface area (Å²) in [7, 11) is 2.10. The fourth-order valence-corrected chi connectivity index (χ4v) is 4.28. The van der Waals surface area contributed by atoms with Crippen LogP contribution in [0.5, 0.6) is 11.8 Å². The van der Waals surface area contributed by atoms with E-state index in [1.54, 1.807) is 29.0 Å². The SMILES string of the molecule is C=CCn1c(=O)c2cnc(Nc3ccc(OCCF)nc3)nc2n1-c1cccc(OC2CCN(C)CC2)n1. The van der Waals surface area contributed by atoms with E-state index in [0.29, 0.717) is 34.3 Å². The predicted molar refractivity (Wildman–Crippen MR) is 141 cm³/mol. The third-order valence-electron chi connectivity index (χ3n) is 6.18. The molecule has 0 aliphatic carbocycles. The highest BCUT2D eigenvalue weighted by molar-refractivity contribution is 5.77. The Morgan fingerprint density at radius 1 is 1.13 bits per heavy atom. The van der Waals surface area contributed by atoms with Gasteiger partial charge in [0, 0.05) is 31.4 Å². The monoisotopic (exact) mass is 520 g/mol. The van der Waals surface area contributed by atoms with Crippen molar-refractivity contribution >= 4 is 22.7 Å². The van der Waals surface area contributed by atoms with Gasteiger partial charge >= 0.3 is 0 Å². The molecular weight excluding hydrogens is 491 g/mol. The van der Waals surface area contributed by atoms with Crippen LogP contribution in [0.25, 0.3) is 16.9 Å². The van der Waals surface area contributed by atoms with Crippen LogP contribution in [0.4, 0.5) is 16.0 Å². The molecule has 0 bridgehead atoms. The number of allylic oxidation sites excluding steroid dienone is 1. The molecule has 38 heavy (non-hydrogen) atoms. The molecule has 0 aromatic carbocycles. The van der Waals surface area contributed by atoms with Crippen molar-refractivity contribution in [2.24, 2.45) is 0 Å². The van der Waals surface area contributed by atoms with Crippen LogP contribution in [0.3, 0.4) is 0 Å². The molecule has 5 rings (SSSR count). The van der Waals surface area contributed by atoms with Crippen molar-refractivity contribution in [1.29, 1.82) is 0 Å². The van der Waals surface area contributed by atoms with Crippen LogP contribution in [0, 0.1) is 0 Å². The summed E-state index contributed by atoms with van der Waals surface area (Å²) in [6.07, 6.45) is 6.59. The van der Waals surface area contributed by atoms with Crippen molar-refractivity contribution in [3.63, 3.8) is 0 Å². The lowest BCUT2D eigenvalue weighted by Crippen LogP contribution is -2.35. The maximum Gasteiger partial charge on any atom is 0.278 e. The molecule has 5 heterocycles. The number of nitrogens with one attached hydrogen (secondary N) is 1. The van der Waals surface area contributed by atoms with E-state index < -0.39 is 6.67 Å². The topological polar surface area (TPSA) is 112 Å². The molecule has 4 aromatic heterocycles. The third kappa shape index (κ3) is 5.49. The van der Waals surface area contributed by atoms with E-state index in [9.17, 15) is 9.18 Å². The van der Waals surface area contributed by atoms with E-state index in [4.69, 9.17) is 14.5 Å². The standard InChI is InChI=1S/C26H29FN8O3/c1-3-12-34-25(36)20-17-29-26(30-18-7-8-22(28-16-18)37-15-11-27)32-24(20)35(34)21-5-4-6-23(31-21)38-19-9-13-33(2)14-10-19/h3-8,16-17,19H,1,9-15H2,2H3,(H,29,30,32). The van der Waals surface area contributed by atoms with Crippen LogP contribution >= 0.6 is 0 Å². The average molecular weight is 521 g/mol. The number of pyridine rings is 2. The molecule has 0 unspecified atom stereocenters. The van der Waals surface area contributed by atoms with Gasteiger partial charge in [-0.05, 0) is 32.0 Å². The molecule has 1 fully saturated rings. The van der Waals surface area contributed by atoms with Gasteiger partial charge in [-0.25, -0.2) is 23.7 Å². The number of alkyl halides is 1. The fraction of sp³-hybridized carbons (Fsp3) is 0.346. The summed E-state index contributed by atoms with van der Waals surface area (Å²) in [6.45, 7) is 5.34. The summed E-state index contributed by atoms with van der Waals surface area (Å²) in [4.78, 5) is 33.3. The zero-order valence-corrected chi connectivity index (χ0v) is 21.1. The Morgan fingerprint density at radius 2 is 1.97 bits per heavy atom. The van der Waals surface area contributed by atoms with Crippen LogP contribution in [-0.4, -0.2) is 73.7 Å². The van der Waals surface area contributed by atoms with Crippen LogP contribution in [-0.2, 0) is 6.54 Å². The Hall–Kier alpha value is -4.32. The van der Waals surface area contributed by atoms with Gasteiger partial charge < -0.3 is 19.7 Å². The summed E-state index contributed by atoms with van der Waals surface area (Å²) < 4.78 is 26.8. The van der Waals surface area contributed by atoms with Gasteiger partial charge in [-0.1, -0.05) is 12.1 Å². The number of ether oxygens (including phenoxy) is 2. The molecule has 11 nitrogen and oxygen atoms in total. The second kappa shape index (κ2) is 11.4. The maximum atomic E-state index is 13.2. The summed E-state index contributed by atoms with van der Waals surface area (Å²) >= 11 is 0. The molecule has 0 saturated carbocycles. The lowest BCUT2D eigenvalue weighted by Gasteiger charge is -2.29. The Morgan fingerprint density at radius 3 is 2.71 bits per heavy atom. The lowest BCUT2D eigenvalue weighted by molar-refractivity contribution is 0.110. The number of likely N-dealkylation sites (tertiary alicyclic amines) is 1. The van der Waals surface area contributed by atoms with Crippen LogP contribution in [0.1, 0.15) is 12.8 Å². The maximum absolute atomic E-state index is 13.2. The first kappa shape index (κ1) is 25.3. The molecule has 4 aromatic rings. The number of anilines is 2. The number of nitrogens with zero attached hydrogens (tertiary/aromatic N) is 7.